The third-order valence-corrected chi connectivity index (χ3v) is 16.1. The summed E-state index contributed by atoms with van der Waals surface area (Å²) in [6, 6.07) is -12.4. The SMILES string of the molecule is CC[C@@H]1NC(=O)C([C@H](O)[C@H](C)CCl)N(C)C(=O)[C@H](C(C)C)N(C)C(=O)[C@H](CC(C)C)N(C)C(=O)[C@H](CC(C)C)N(C)C(=O)[C@@H](C)NC(=O)[C@H](C)NC(=O)[C@H](CC(C)C)N(C)C(=O)[C@H](C(C)C)NC(=O)[C@H](CC(C)C)N(C)C(=O)CN(C)C1=O. The fourth-order valence-electron chi connectivity index (χ4n) is 10.3. The summed E-state index contributed by atoms with van der Waals surface area (Å²) in [5.74, 6) is -10.2. The van der Waals surface area contributed by atoms with Crippen molar-refractivity contribution in [2.24, 2.45) is 41.4 Å². The molecule has 1 aliphatic heterocycles. The van der Waals surface area contributed by atoms with Gasteiger partial charge in [-0.15, -0.1) is 11.6 Å². The molecule has 1 unspecified atom stereocenters. The third kappa shape index (κ3) is 20.9. The number of rotatable bonds is 14. The number of halogens is 1. The highest BCUT2D eigenvalue weighted by molar-refractivity contribution is 6.18. The molecule has 0 aromatic rings. The van der Waals surface area contributed by atoms with Crippen LogP contribution in [0.3, 0.4) is 0 Å². The minimum absolute atomic E-state index is 0.00594. The molecule has 1 fully saturated rings. The number of carbonyl (C=O) groups is 11. The van der Waals surface area contributed by atoms with Crippen LogP contribution in [0.15, 0.2) is 0 Å². The van der Waals surface area contributed by atoms with Crippen molar-refractivity contribution >= 4 is 76.6 Å². The van der Waals surface area contributed by atoms with Gasteiger partial charge < -0.3 is 60.7 Å². The maximum absolute atomic E-state index is 15.0. The van der Waals surface area contributed by atoms with E-state index in [-0.39, 0.29) is 61.7 Å². The van der Waals surface area contributed by atoms with Gasteiger partial charge in [0.15, 0.2) is 0 Å². The van der Waals surface area contributed by atoms with E-state index >= 15 is 4.79 Å². The van der Waals surface area contributed by atoms with E-state index in [0.717, 1.165) is 9.80 Å². The number of hydrogen-bond acceptors (Lipinski definition) is 12. The zero-order valence-electron chi connectivity index (χ0n) is 54.3. The fourth-order valence-corrected chi connectivity index (χ4v) is 10.5. The van der Waals surface area contributed by atoms with Gasteiger partial charge in [0.1, 0.15) is 60.4 Å². The molecule has 11 amide bonds. The van der Waals surface area contributed by atoms with E-state index < -0.39 is 156 Å². The average Bonchev–Trinajstić information content (AvgIpc) is 3.51. The molecule has 24 heteroatoms. The summed E-state index contributed by atoms with van der Waals surface area (Å²) >= 11 is 6.25. The van der Waals surface area contributed by atoms with Crippen molar-refractivity contribution in [3.8, 4) is 0 Å². The van der Waals surface area contributed by atoms with Crippen LogP contribution in [0.2, 0.25) is 0 Å². The first-order chi connectivity index (χ1) is 38.2. The van der Waals surface area contributed by atoms with Gasteiger partial charge in [0.25, 0.3) is 0 Å². The summed E-state index contributed by atoms with van der Waals surface area (Å²) in [5.41, 5.74) is 0. The number of hydrogen-bond donors (Lipinski definition) is 5. The largest absolute Gasteiger partial charge is 0.390 e. The van der Waals surface area contributed by atoms with Crippen LogP contribution in [0.4, 0.5) is 0 Å². The Morgan fingerprint density at radius 2 is 0.843 bits per heavy atom. The van der Waals surface area contributed by atoms with Crippen molar-refractivity contribution in [1.82, 2.24) is 55.6 Å². The van der Waals surface area contributed by atoms with E-state index in [0.29, 0.717) is 0 Å². The molecule has 1 aliphatic rings. The van der Waals surface area contributed by atoms with Gasteiger partial charge in [-0.25, -0.2) is 0 Å². The lowest BCUT2D eigenvalue weighted by molar-refractivity contribution is -0.157. The smallest absolute Gasteiger partial charge is 0.246 e. The zero-order valence-corrected chi connectivity index (χ0v) is 55.0. The maximum atomic E-state index is 15.0. The molecule has 0 aromatic carbocycles. The van der Waals surface area contributed by atoms with Crippen LogP contribution in [0.5, 0.6) is 0 Å². The van der Waals surface area contributed by atoms with Crippen LogP contribution in [-0.2, 0) is 52.7 Å². The third-order valence-electron chi connectivity index (χ3n) is 15.6. The van der Waals surface area contributed by atoms with Gasteiger partial charge in [-0.2, -0.15) is 0 Å². The van der Waals surface area contributed by atoms with Crippen molar-refractivity contribution in [2.75, 3.05) is 61.8 Å². The molecule has 5 N–H and O–H groups in total. The summed E-state index contributed by atoms with van der Waals surface area (Å²) in [6.45, 7) is 27.2. The molecule has 0 spiro atoms. The second-order valence-electron chi connectivity index (χ2n) is 25.4. The van der Waals surface area contributed by atoms with E-state index in [9.17, 15) is 53.1 Å². The number of nitrogens with one attached hydrogen (secondary N) is 4. The second kappa shape index (κ2) is 33.8. The van der Waals surface area contributed by atoms with Crippen LogP contribution in [0, 0.1) is 41.4 Å². The summed E-state index contributed by atoms with van der Waals surface area (Å²) in [5, 5.41) is 22.7. The van der Waals surface area contributed by atoms with E-state index in [1.165, 1.54) is 87.7 Å². The van der Waals surface area contributed by atoms with Crippen LogP contribution >= 0.6 is 11.6 Å². The molecule has 1 saturated heterocycles. The Hall–Kier alpha value is -5.58. The standard InChI is InChI=1S/C59H106ClN11O12/c1-24-40-55(79)65(17)30-45(72)66(18)41(25-31(2)3)52(76)64-46(35(10)11)58(82)67(19)42(26-32(4)5)51(75)61-38(15)50(74)62-39(16)54(78)68(20)43(27-33(6)7)56(80)69(21)44(28-34(8)9)57(81)70(22)47(36(12)13)59(83)71(23)48(53(77)63-40)49(73)37(14)29-60/h31-44,46-49,73H,24-30H2,1-23H3,(H,61,75)(H,62,74)(H,63,77)(H,64,76)/t37-,38+,39-,40+,41+,42+,43+,44+,46+,47+,48?,49-/m1/s1. The Morgan fingerprint density at radius 3 is 1.28 bits per heavy atom. The monoisotopic (exact) mass is 1200 g/mol. The Morgan fingerprint density at radius 1 is 0.446 bits per heavy atom. The van der Waals surface area contributed by atoms with Crippen molar-refractivity contribution in [1.29, 1.82) is 0 Å². The molecular weight excluding hydrogens is 1090 g/mol. The second-order valence-corrected chi connectivity index (χ2v) is 25.8. The number of amides is 11. The normalized spacial score (nSPS) is 27.2. The Bertz CT molecular complexity index is 2250. The lowest BCUT2D eigenvalue weighted by atomic mass is 9.93. The quantitative estimate of drug-likeness (QED) is 0.157. The summed E-state index contributed by atoms with van der Waals surface area (Å²) < 4.78 is 0. The molecule has 0 radical (unpaired) electrons. The van der Waals surface area contributed by atoms with Crippen molar-refractivity contribution in [3.63, 3.8) is 0 Å². The molecule has 0 bridgehead atoms. The molecule has 1 rings (SSSR count). The highest BCUT2D eigenvalue weighted by Crippen LogP contribution is 2.25. The number of alkyl halides is 1. The van der Waals surface area contributed by atoms with Crippen LogP contribution in [0.25, 0.3) is 0 Å². The molecule has 83 heavy (non-hydrogen) atoms. The van der Waals surface area contributed by atoms with Gasteiger partial charge in [-0.1, -0.05) is 96.9 Å². The van der Waals surface area contributed by atoms with Gasteiger partial charge >= 0.3 is 0 Å². The predicted molar refractivity (Wildman–Crippen MR) is 320 cm³/mol. The lowest BCUT2D eigenvalue weighted by Crippen LogP contribution is -2.63. The predicted octanol–water partition coefficient (Wildman–Crippen LogP) is 2.54. The number of carbonyl (C=O) groups excluding carboxylic acids is 11. The molecule has 476 valence electrons. The molecule has 23 nitrogen and oxygen atoms in total. The van der Waals surface area contributed by atoms with Gasteiger partial charge in [0, 0.05) is 55.2 Å². The Kier molecular flexibility index (Phi) is 30.7. The van der Waals surface area contributed by atoms with Crippen molar-refractivity contribution in [2.45, 2.75) is 209 Å². The zero-order chi connectivity index (χ0) is 64.6. The first kappa shape index (κ1) is 75.4. The van der Waals surface area contributed by atoms with Crippen LogP contribution < -0.4 is 21.3 Å². The van der Waals surface area contributed by atoms with Crippen molar-refractivity contribution in [3.05, 3.63) is 0 Å². The summed E-state index contributed by atoms with van der Waals surface area (Å²) in [7, 11) is 9.80. The summed E-state index contributed by atoms with van der Waals surface area (Å²) in [6.07, 6.45) is -0.986. The number of nitrogens with zero attached hydrogens (tertiary/aromatic N) is 7. The number of aliphatic hydroxyl groups is 1. The van der Waals surface area contributed by atoms with Gasteiger partial charge in [0.2, 0.25) is 65.0 Å². The highest BCUT2D eigenvalue weighted by Gasteiger charge is 2.45. The van der Waals surface area contributed by atoms with Gasteiger partial charge in [0.05, 0.1) is 12.6 Å². The van der Waals surface area contributed by atoms with E-state index in [2.05, 4.69) is 21.3 Å². The van der Waals surface area contributed by atoms with Gasteiger partial charge in [-0.3, -0.25) is 52.7 Å². The molecule has 0 aromatic heterocycles. The van der Waals surface area contributed by atoms with Crippen molar-refractivity contribution < 1.29 is 57.8 Å². The van der Waals surface area contributed by atoms with Gasteiger partial charge in [-0.05, 0) is 87.4 Å². The van der Waals surface area contributed by atoms with Crippen LogP contribution in [-0.4, -0.2) is 233 Å². The molecule has 1 heterocycles. The minimum Gasteiger partial charge on any atom is -0.390 e. The molecule has 0 aliphatic carbocycles. The first-order valence-corrected chi connectivity index (χ1v) is 30.0. The number of aliphatic hydroxyl groups excluding tert-OH is 1. The molecule has 0 saturated carbocycles. The Labute approximate surface area is 500 Å². The lowest BCUT2D eigenvalue weighted by Gasteiger charge is -2.41. The first-order valence-electron chi connectivity index (χ1n) is 29.5. The fraction of sp³-hybridized carbons (Fsp3) is 0.814. The van der Waals surface area contributed by atoms with E-state index in [4.69, 9.17) is 11.6 Å². The topological polar surface area (TPSA) is 279 Å². The highest BCUT2D eigenvalue weighted by atomic mass is 35.5. The Balaban J connectivity index is 4.28. The number of likely N-dealkylation sites (N-methyl/N-ethyl adjacent to an activating group) is 7. The van der Waals surface area contributed by atoms with E-state index in [1.54, 1.807) is 41.5 Å². The average molecular weight is 1200 g/mol. The maximum Gasteiger partial charge on any atom is 0.246 e. The van der Waals surface area contributed by atoms with E-state index in [1.807, 2.05) is 55.4 Å². The summed E-state index contributed by atoms with van der Waals surface area (Å²) in [4.78, 5) is 168. The molecular formula is C59H106ClN11O12. The van der Waals surface area contributed by atoms with Crippen LogP contribution in [0.1, 0.15) is 143 Å². The molecule has 12 atom stereocenters. The minimum atomic E-state index is -1.66.